The summed E-state index contributed by atoms with van der Waals surface area (Å²) < 4.78 is 5.46. The Morgan fingerprint density at radius 3 is 2.52 bits per heavy atom. The summed E-state index contributed by atoms with van der Waals surface area (Å²) >= 11 is 0. The molecule has 1 aromatic rings. The zero-order valence-corrected chi connectivity index (χ0v) is 19.5. The van der Waals surface area contributed by atoms with Gasteiger partial charge in [-0.15, -0.1) is 11.5 Å². The number of hydrogen-bond acceptors (Lipinski definition) is 7. The van der Waals surface area contributed by atoms with Gasteiger partial charge in [-0.3, -0.25) is 9.59 Å². The van der Waals surface area contributed by atoms with Crippen LogP contribution in [0, 0.1) is 11.5 Å². The molecule has 1 aliphatic heterocycles. The van der Waals surface area contributed by atoms with Gasteiger partial charge in [-0.25, -0.2) is 4.79 Å². The summed E-state index contributed by atoms with van der Waals surface area (Å²) in [6.45, 7) is 7.89. The molecule has 1 aromatic carbocycles. The van der Waals surface area contributed by atoms with Crippen molar-refractivity contribution in [1.29, 1.82) is 0 Å². The molecule has 4 N–H and O–H groups in total. The zero-order valence-electron chi connectivity index (χ0n) is 18.5. The van der Waals surface area contributed by atoms with Gasteiger partial charge in [0, 0.05) is 18.7 Å². The Hall–Kier alpha value is -2.96. The minimum Gasteiger partial charge on any atom is -0.451 e. The van der Waals surface area contributed by atoms with Crippen LogP contribution in [0.1, 0.15) is 31.7 Å². The molecule has 0 aliphatic carbocycles. The number of nitrogens with two attached hydrogens (primary N) is 2. The number of hydrazone groups is 1. The SMILES string of the molecule is CC(=O)C(N)(CC#C[Si](C)(C)C)C(=O)OC1CCCN(c2ccc(C=NN)cc2)C1=O. The highest BCUT2D eigenvalue weighted by atomic mass is 28.3. The van der Waals surface area contributed by atoms with Gasteiger partial charge in [-0.05, 0) is 37.5 Å². The molecule has 0 radical (unpaired) electrons. The summed E-state index contributed by atoms with van der Waals surface area (Å²) in [6.07, 6.45) is 1.37. The van der Waals surface area contributed by atoms with Gasteiger partial charge in [0.25, 0.3) is 5.91 Å². The summed E-state index contributed by atoms with van der Waals surface area (Å²) in [4.78, 5) is 39.5. The first-order chi connectivity index (χ1) is 14.5. The Bertz CT molecular complexity index is 928. The average Bonchev–Trinajstić information content (AvgIpc) is 2.69. The number of anilines is 1. The number of piperidine rings is 1. The van der Waals surface area contributed by atoms with Crippen LogP contribution in [0.2, 0.25) is 19.6 Å². The highest BCUT2D eigenvalue weighted by Crippen LogP contribution is 2.24. The van der Waals surface area contributed by atoms with Gasteiger partial charge < -0.3 is 21.2 Å². The third-order valence-corrected chi connectivity index (χ3v) is 5.82. The maximum absolute atomic E-state index is 13.0. The second-order valence-corrected chi connectivity index (χ2v) is 13.4. The van der Waals surface area contributed by atoms with Crippen molar-refractivity contribution in [2.75, 3.05) is 11.4 Å². The van der Waals surface area contributed by atoms with E-state index in [4.69, 9.17) is 16.3 Å². The Labute approximate surface area is 184 Å². The van der Waals surface area contributed by atoms with E-state index >= 15 is 0 Å². The van der Waals surface area contributed by atoms with Crippen LogP contribution in [0.15, 0.2) is 29.4 Å². The number of rotatable bonds is 6. The average molecular weight is 443 g/mol. The van der Waals surface area contributed by atoms with Crippen LogP contribution in [-0.2, 0) is 19.1 Å². The molecule has 2 atom stereocenters. The lowest BCUT2D eigenvalue weighted by Gasteiger charge is -2.33. The van der Waals surface area contributed by atoms with Crippen LogP contribution in [0.5, 0.6) is 0 Å². The molecule has 1 heterocycles. The topological polar surface area (TPSA) is 128 Å². The lowest BCUT2D eigenvalue weighted by atomic mass is 9.92. The normalized spacial score (nSPS) is 18.8. The molecule has 31 heavy (non-hydrogen) atoms. The smallest absolute Gasteiger partial charge is 0.335 e. The van der Waals surface area contributed by atoms with Gasteiger partial charge in [0.1, 0.15) is 8.07 Å². The number of esters is 1. The molecule has 0 spiro atoms. The molecule has 0 bridgehead atoms. The molecule has 9 heteroatoms. The molecule has 0 aromatic heterocycles. The maximum atomic E-state index is 13.0. The van der Waals surface area contributed by atoms with E-state index < -0.39 is 31.5 Å². The Kier molecular flexibility index (Phi) is 7.76. The summed E-state index contributed by atoms with van der Waals surface area (Å²) in [5.41, 5.74) is 8.79. The van der Waals surface area contributed by atoms with Crippen molar-refractivity contribution >= 4 is 37.6 Å². The standard InChI is InChI=1S/C22H30N4O4Si/c1-16(27)22(23,12-6-14-31(2,3)4)21(29)30-19-7-5-13-26(20(19)28)18-10-8-17(9-11-18)15-25-24/h8-11,15,19H,5,7,12-13,23-24H2,1-4H3. The second-order valence-electron chi connectivity index (χ2n) is 8.65. The number of amides is 1. The van der Waals surface area contributed by atoms with Gasteiger partial charge in [0.15, 0.2) is 17.4 Å². The zero-order chi connectivity index (χ0) is 23.2. The summed E-state index contributed by atoms with van der Waals surface area (Å²) in [5.74, 6) is 6.22. The van der Waals surface area contributed by atoms with Crippen molar-refractivity contribution in [1.82, 2.24) is 0 Å². The number of ketones is 1. The highest BCUT2D eigenvalue weighted by Gasteiger charge is 2.43. The van der Waals surface area contributed by atoms with Gasteiger partial charge in [-0.1, -0.05) is 31.8 Å². The predicted octanol–water partition coefficient (Wildman–Crippen LogP) is 1.58. The molecule has 1 aliphatic rings. The summed E-state index contributed by atoms with van der Waals surface area (Å²) in [5, 5.41) is 3.47. The molecule has 0 saturated carbocycles. The fourth-order valence-electron chi connectivity index (χ4n) is 3.06. The van der Waals surface area contributed by atoms with E-state index in [1.165, 1.54) is 13.1 Å². The second kappa shape index (κ2) is 9.90. The molecule has 166 valence electrons. The fraction of sp³-hybridized carbons (Fsp3) is 0.455. The monoisotopic (exact) mass is 442 g/mol. The quantitative estimate of drug-likeness (QED) is 0.131. The van der Waals surface area contributed by atoms with Gasteiger partial charge >= 0.3 is 5.97 Å². The molecule has 2 unspecified atom stereocenters. The van der Waals surface area contributed by atoms with Crippen molar-refractivity contribution in [2.24, 2.45) is 16.7 Å². The van der Waals surface area contributed by atoms with Crippen LogP contribution in [0.3, 0.4) is 0 Å². The van der Waals surface area contributed by atoms with E-state index in [-0.39, 0.29) is 12.3 Å². The first-order valence-electron chi connectivity index (χ1n) is 10.1. The number of nitrogens with zero attached hydrogens (tertiary/aromatic N) is 2. The van der Waals surface area contributed by atoms with Crippen LogP contribution in [0.25, 0.3) is 0 Å². The minimum absolute atomic E-state index is 0.139. The molecular weight excluding hydrogens is 412 g/mol. The van der Waals surface area contributed by atoms with E-state index in [1.54, 1.807) is 29.2 Å². The fourth-order valence-corrected chi connectivity index (χ4v) is 3.68. The van der Waals surface area contributed by atoms with Gasteiger partial charge in [0.2, 0.25) is 0 Å². The molecule has 8 nitrogen and oxygen atoms in total. The largest absolute Gasteiger partial charge is 0.451 e. The Morgan fingerprint density at radius 2 is 1.97 bits per heavy atom. The Morgan fingerprint density at radius 1 is 1.32 bits per heavy atom. The van der Waals surface area contributed by atoms with E-state index in [2.05, 4.69) is 36.2 Å². The number of hydrogen-bond donors (Lipinski definition) is 2. The third kappa shape index (κ3) is 6.26. The van der Waals surface area contributed by atoms with Crippen LogP contribution in [-0.4, -0.2) is 50.1 Å². The highest BCUT2D eigenvalue weighted by molar-refractivity contribution is 6.83. The van der Waals surface area contributed by atoms with Crippen molar-refractivity contribution in [3.8, 4) is 11.5 Å². The van der Waals surface area contributed by atoms with E-state index in [9.17, 15) is 14.4 Å². The number of carbonyl (C=O) groups excluding carboxylic acids is 3. The molecule has 1 amide bonds. The van der Waals surface area contributed by atoms with Crippen LogP contribution < -0.4 is 16.5 Å². The number of ether oxygens (including phenoxy) is 1. The molecule has 1 saturated heterocycles. The van der Waals surface area contributed by atoms with Crippen molar-refractivity contribution < 1.29 is 19.1 Å². The number of benzene rings is 1. The molecule has 1 fully saturated rings. The van der Waals surface area contributed by atoms with Gasteiger partial charge in [-0.2, -0.15) is 5.10 Å². The van der Waals surface area contributed by atoms with E-state index in [0.29, 0.717) is 25.1 Å². The van der Waals surface area contributed by atoms with Gasteiger partial charge in [0.05, 0.1) is 6.21 Å². The van der Waals surface area contributed by atoms with Crippen molar-refractivity contribution in [3.05, 3.63) is 29.8 Å². The lowest BCUT2D eigenvalue weighted by molar-refractivity contribution is -0.163. The maximum Gasteiger partial charge on any atom is 0.335 e. The lowest BCUT2D eigenvalue weighted by Crippen LogP contribution is -2.57. The first kappa shape index (κ1) is 24.3. The number of Topliss-reactive ketones (excluding diaryl/α,β-unsaturated/α-hetero) is 1. The summed E-state index contributed by atoms with van der Waals surface area (Å²) in [6, 6.07) is 7.11. The molecular formula is C22H30N4O4Si. The molecule has 2 rings (SSSR count). The number of carbonyl (C=O) groups is 3. The van der Waals surface area contributed by atoms with Crippen molar-refractivity contribution in [3.63, 3.8) is 0 Å². The summed E-state index contributed by atoms with van der Waals surface area (Å²) in [7, 11) is -1.69. The van der Waals surface area contributed by atoms with Crippen LogP contribution in [0.4, 0.5) is 5.69 Å². The Balaban J connectivity index is 2.15. The van der Waals surface area contributed by atoms with Crippen molar-refractivity contribution in [2.45, 2.75) is 57.5 Å². The van der Waals surface area contributed by atoms with E-state index in [0.717, 1.165) is 5.56 Å². The first-order valence-corrected chi connectivity index (χ1v) is 13.6. The van der Waals surface area contributed by atoms with Crippen LogP contribution >= 0.6 is 0 Å². The van der Waals surface area contributed by atoms with E-state index in [1.807, 2.05) is 0 Å². The minimum atomic E-state index is -1.89. The predicted molar refractivity (Wildman–Crippen MR) is 123 cm³/mol. The third-order valence-electron chi connectivity index (χ3n) is 4.89.